The first kappa shape index (κ1) is 24.4. The molecule has 0 aliphatic heterocycles. The van der Waals surface area contributed by atoms with Crippen LogP contribution < -0.4 is 0 Å². The Kier molecular flexibility index (Phi) is 4.66. The van der Waals surface area contributed by atoms with Crippen LogP contribution in [0.3, 0.4) is 0 Å². The molecule has 0 N–H and O–H groups in total. The Bertz CT molecular complexity index is 2950. The van der Waals surface area contributed by atoms with Gasteiger partial charge in [0.05, 0.1) is 0 Å². The monoisotopic (exact) mass is 578 g/mol. The highest BCUT2D eigenvalue weighted by Crippen LogP contribution is 2.44. The lowest BCUT2D eigenvalue weighted by Gasteiger charge is -2.17. The molecule has 11 aromatic carbocycles. The summed E-state index contributed by atoms with van der Waals surface area (Å²) in [6.45, 7) is 0. The highest BCUT2D eigenvalue weighted by molar-refractivity contribution is 6.35. The minimum absolute atomic E-state index is 1.25. The summed E-state index contributed by atoms with van der Waals surface area (Å²) in [4.78, 5) is 0. The van der Waals surface area contributed by atoms with Crippen molar-refractivity contribution >= 4 is 86.2 Å². The van der Waals surface area contributed by atoms with Crippen LogP contribution in [-0.2, 0) is 0 Å². The molecule has 0 saturated carbocycles. The normalized spacial score (nSPS) is 12.3. The first-order chi connectivity index (χ1) is 22.8. The second kappa shape index (κ2) is 8.81. The third-order valence-corrected chi connectivity index (χ3v) is 10.5. The van der Waals surface area contributed by atoms with Gasteiger partial charge in [-0.05, 0) is 133 Å². The Hall–Kier alpha value is -5.98. The predicted molar refractivity (Wildman–Crippen MR) is 200 cm³/mol. The Morgan fingerprint density at radius 3 is 1.43 bits per heavy atom. The van der Waals surface area contributed by atoms with Gasteiger partial charge < -0.3 is 0 Å². The molecule has 0 heteroatoms. The molecule has 210 valence electrons. The number of fused-ring (bicyclic) bond motifs is 4. The van der Waals surface area contributed by atoms with E-state index in [9.17, 15) is 0 Å². The smallest absolute Gasteiger partial charge is 0.00141 e. The maximum atomic E-state index is 2.37. The van der Waals surface area contributed by atoms with E-state index in [4.69, 9.17) is 0 Å². The average Bonchev–Trinajstić information content (AvgIpc) is 3.12. The van der Waals surface area contributed by atoms with Crippen molar-refractivity contribution in [3.05, 3.63) is 158 Å². The molecular formula is C46H26. The number of hydrogen-bond donors (Lipinski definition) is 0. The van der Waals surface area contributed by atoms with Crippen LogP contribution >= 0.6 is 0 Å². The van der Waals surface area contributed by atoms with E-state index >= 15 is 0 Å². The highest BCUT2D eigenvalue weighted by atomic mass is 14.2. The van der Waals surface area contributed by atoms with Gasteiger partial charge in [-0.1, -0.05) is 133 Å². The van der Waals surface area contributed by atoms with E-state index in [1.807, 2.05) is 0 Å². The fraction of sp³-hybridized carbons (Fsp3) is 0. The Morgan fingerprint density at radius 1 is 0.217 bits per heavy atom. The Labute approximate surface area is 265 Å². The summed E-state index contributed by atoms with van der Waals surface area (Å²) in [5, 5.41) is 21.1. The second-order valence-electron chi connectivity index (χ2n) is 12.9. The molecule has 0 amide bonds. The van der Waals surface area contributed by atoms with Crippen LogP contribution in [0.1, 0.15) is 0 Å². The molecule has 46 heavy (non-hydrogen) atoms. The number of benzene rings is 11. The van der Waals surface area contributed by atoms with Crippen molar-refractivity contribution in [2.75, 3.05) is 0 Å². The molecule has 11 rings (SSSR count). The van der Waals surface area contributed by atoms with Gasteiger partial charge in [-0.2, -0.15) is 0 Å². The second-order valence-corrected chi connectivity index (χ2v) is 12.9. The van der Waals surface area contributed by atoms with Gasteiger partial charge in [-0.25, -0.2) is 0 Å². The van der Waals surface area contributed by atoms with Crippen molar-refractivity contribution in [2.45, 2.75) is 0 Å². The zero-order valence-corrected chi connectivity index (χ0v) is 25.0. The maximum Gasteiger partial charge on any atom is -0.00141 e. The molecule has 0 saturated heterocycles. The largest absolute Gasteiger partial charge is 0.0616 e. The third-order valence-electron chi connectivity index (χ3n) is 10.5. The molecule has 0 heterocycles. The van der Waals surface area contributed by atoms with Crippen LogP contribution in [0.5, 0.6) is 0 Å². The summed E-state index contributed by atoms with van der Waals surface area (Å²) >= 11 is 0. The van der Waals surface area contributed by atoms with Gasteiger partial charge >= 0.3 is 0 Å². The standard InChI is InChI=1S/C46H26/c1-2-9-39-38(8-1)40-10-4-7-29-19-20-41-37(21-22-42(39)46(41)45(29)40)33-16-15-30-23-32(14-13-31(30)24-33)36-25-34-17-11-27-5-3-6-28-12-18-35(26-36)44(34)43(27)28/h1-26H. The molecule has 11 aromatic rings. The summed E-state index contributed by atoms with van der Waals surface area (Å²) in [6.07, 6.45) is 0. The lowest BCUT2D eigenvalue weighted by atomic mass is 9.86. The van der Waals surface area contributed by atoms with E-state index in [2.05, 4.69) is 158 Å². The van der Waals surface area contributed by atoms with E-state index in [0.717, 1.165) is 0 Å². The topological polar surface area (TPSA) is 0 Å². The zero-order chi connectivity index (χ0) is 29.9. The zero-order valence-electron chi connectivity index (χ0n) is 25.0. The van der Waals surface area contributed by atoms with Crippen LogP contribution in [-0.4, -0.2) is 0 Å². The summed E-state index contributed by atoms with van der Waals surface area (Å²) in [5.74, 6) is 0. The number of hydrogen-bond acceptors (Lipinski definition) is 0. The van der Waals surface area contributed by atoms with Crippen LogP contribution in [0, 0.1) is 0 Å². The highest BCUT2D eigenvalue weighted by Gasteiger charge is 2.16. The molecule has 0 nitrogen and oxygen atoms in total. The molecule has 0 aliphatic rings. The summed E-state index contributed by atoms with van der Waals surface area (Å²) in [5.41, 5.74) is 5.05. The third kappa shape index (κ3) is 3.23. The van der Waals surface area contributed by atoms with Crippen molar-refractivity contribution in [3.63, 3.8) is 0 Å². The summed E-state index contributed by atoms with van der Waals surface area (Å²) in [7, 11) is 0. The molecule has 0 bridgehead atoms. The molecular weight excluding hydrogens is 553 g/mol. The van der Waals surface area contributed by atoms with E-state index in [1.54, 1.807) is 0 Å². The molecule has 0 atom stereocenters. The minimum atomic E-state index is 1.25. The first-order valence-corrected chi connectivity index (χ1v) is 16.1. The van der Waals surface area contributed by atoms with Crippen LogP contribution in [0.2, 0.25) is 0 Å². The summed E-state index contributed by atoms with van der Waals surface area (Å²) < 4.78 is 0. The quantitative estimate of drug-likeness (QED) is 0.141. The molecule has 0 unspecified atom stereocenters. The van der Waals surface area contributed by atoms with Crippen LogP contribution in [0.4, 0.5) is 0 Å². The van der Waals surface area contributed by atoms with Gasteiger partial charge in [-0.3, -0.25) is 0 Å². The van der Waals surface area contributed by atoms with Gasteiger partial charge in [0.15, 0.2) is 0 Å². The van der Waals surface area contributed by atoms with Crippen LogP contribution in [0.25, 0.3) is 108 Å². The molecule has 0 fully saturated rings. The van der Waals surface area contributed by atoms with Crippen molar-refractivity contribution in [2.24, 2.45) is 0 Å². The Balaban J connectivity index is 1.07. The van der Waals surface area contributed by atoms with Crippen molar-refractivity contribution in [3.8, 4) is 22.3 Å². The Morgan fingerprint density at radius 2 is 0.696 bits per heavy atom. The lowest BCUT2D eigenvalue weighted by Crippen LogP contribution is -1.89. The van der Waals surface area contributed by atoms with E-state index in [0.29, 0.717) is 0 Å². The fourth-order valence-corrected chi connectivity index (χ4v) is 8.39. The predicted octanol–water partition coefficient (Wildman–Crippen LogP) is 13.1. The van der Waals surface area contributed by atoms with Gasteiger partial charge in [0, 0.05) is 0 Å². The van der Waals surface area contributed by atoms with Crippen molar-refractivity contribution in [1.82, 2.24) is 0 Å². The molecule has 0 radical (unpaired) electrons. The molecule has 0 spiro atoms. The van der Waals surface area contributed by atoms with Gasteiger partial charge in [0.1, 0.15) is 0 Å². The van der Waals surface area contributed by atoms with Gasteiger partial charge in [-0.15, -0.1) is 0 Å². The first-order valence-electron chi connectivity index (χ1n) is 16.1. The number of rotatable bonds is 2. The average molecular weight is 579 g/mol. The maximum absolute atomic E-state index is 2.37. The fourth-order valence-electron chi connectivity index (χ4n) is 8.39. The summed E-state index contributed by atoms with van der Waals surface area (Å²) in [6, 6.07) is 59.1. The van der Waals surface area contributed by atoms with Gasteiger partial charge in [0.25, 0.3) is 0 Å². The van der Waals surface area contributed by atoms with Crippen molar-refractivity contribution in [1.29, 1.82) is 0 Å². The minimum Gasteiger partial charge on any atom is -0.0616 e. The van der Waals surface area contributed by atoms with Crippen molar-refractivity contribution < 1.29 is 0 Å². The van der Waals surface area contributed by atoms with E-state index in [1.165, 1.54) is 108 Å². The lowest BCUT2D eigenvalue weighted by molar-refractivity contribution is 1.67. The molecule has 0 aromatic heterocycles. The SMILES string of the molecule is c1cc2ccc3cc(-c4ccc5cc(-c6ccc7c8ccccc8c8cccc9ccc6c7c98)ccc5c4)cc4ccc(c1)c2c34. The van der Waals surface area contributed by atoms with E-state index in [-0.39, 0.29) is 0 Å². The van der Waals surface area contributed by atoms with Crippen LogP contribution in [0.15, 0.2) is 158 Å². The van der Waals surface area contributed by atoms with Gasteiger partial charge in [0.2, 0.25) is 0 Å². The molecule has 0 aliphatic carbocycles. The van der Waals surface area contributed by atoms with E-state index < -0.39 is 0 Å².